The third-order valence-electron chi connectivity index (χ3n) is 2.54. The van der Waals surface area contributed by atoms with Gasteiger partial charge in [0.25, 0.3) is 0 Å². The topological polar surface area (TPSA) is 17.1 Å². The molecule has 0 aliphatic carbocycles. The van der Waals surface area contributed by atoms with Crippen molar-refractivity contribution in [3.63, 3.8) is 0 Å². The predicted octanol–water partition coefficient (Wildman–Crippen LogP) is 3.62. The molecule has 0 bridgehead atoms. The maximum atomic E-state index is 11.5. The van der Waals surface area contributed by atoms with E-state index in [-0.39, 0.29) is 0 Å². The zero-order valence-corrected chi connectivity index (χ0v) is 9.70. The van der Waals surface area contributed by atoms with E-state index in [0.717, 1.165) is 19.3 Å². The Morgan fingerprint density at radius 2 is 1.80 bits per heavy atom. The van der Waals surface area contributed by atoms with Gasteiger partial charge >= 0.3 is 0 Å². The van der Waals surface area contributed by atoms with Gasteiger partial charge in [0.05, 0.1) is 0 Å². The Morgan fingerprint density at radius 3 is 2.40 bits per heavy atom. The van der Waals surface area contributed by atoms with Crippen LogP contribution < -0.4 is 0 Å². The standard InChI is InChI=1S/C14H20O/c1-12(2)8-10-14(15)11-9-13-6-4-3-5-7-13/h3-7,12H,8-11H2,1-2H3. The first-order valence-electron chi connectivity index (χ1n) is 5.74. The maximum Gasteiger partial charge on any atom is 0.133 e. The highest BCUT2D eigenvalue weighted by atomic mass is 16.1. The number of ketones is 1. The Kier molecular flexibility index (Phi) is 5.09. The summed E-state index contributed by atoms with van der Waals surface area (Å²) in [6.45, 7) is 4.31. The molecule has 0 heterocycles. The van der Waals surface area contributed by atoms with E-state index in [4.69, 9.17) is 0 Å². The molecule has 0 spiro atoms. The van der Waals surface area contributed by atoms with Crippen molar-refractivity contribution < 1.29 is 4.79 Å². The highest BCUT2D eigenvalue weighted by Crippen LogP contribution is 2.08. The van der Waals surface area contributed by atoms with E-state index < -0.39 is 0 Å². The van der Waals surface area contributed by atoms with E-state index in [0.29, 0.717) is 18.1 Å². The summed E-state index contributed by atoms with van der Waals surface area (Å²) in [6.07, 6.45) is 3.34. The molecule has 0 aromatic heterocycles. The van der Waals surface area contributed by atoms with Crippen molar-refractivity contribution in [2.24, 2.45) is 5.92 Å². The average molecular weight is 204 g/mol. The molecule has 0 unspecified atom stereocenters. The van der Waals surface area contributed by atoms with Crippen LogP contribution >= 0.6 is 0 Å². The van der Waals surface area contributed by atoms with Gasteiger partial charge in [-0.3, -0.25) is 4.79 Å². The molecule has 15 heavy (non-hydrogen) atoms. The first-order chi connectivity index (χ1) is 7.18. The summed E-state index contributed by atoms with van der Waals surface area (Å²) in [5.41, 5.74) is 1.26. The summed E-state index contributed by atoms with van der Waals surface area (Å²) in [6, 6.07) is 10.2. The van der Waals surface area contributed by atoms with Gasteiger partial charge in [0.1, 0.15) is 5.78 Å². The van der Waals surface area contributed by atoms with Crippen LogP contribution in [0.1, 0.15) is 38.7 Å². The first-order valence-corrected chi connectivity index (χ1v) is 5.74. The van der Waals surface area contributed by atoms with E-state index in [1.165, 1.54) is 5.56 Å². The zero-order chi connectivity index (χ0) is 11.1. The molecule has 1 nitrogen and oxygen atoms in total. The number of carbonyl (C=O) groups excluding carboxylic acids is 1. The SMILES string of the molecule is CC(C)CCC(=O)CCc1ccccc1. The van der Waals surface area contributed by atoms with Gasteiger partial charge in [-0.15, -0.1) is 0 Å². The number of carbonyl (C=O) groups is 1. The van der Waals surface area contributed by atoms with E-state index >= 15 is 0 Å². The Bertz CT molecular complexity index is 287. The summed E-state index contributed by atoms with van der Waals surface area (Å²) >= 11 is 0. The van der Waals surface area contributed by atoms with E-state index in [1.54, 1.807) is 0 Å². The average Bonchev–Trinajstić information content (AvgIpc) is 2.25. The first kappa shape index (κ1) is 12.0. The highest BCUT2D eigenvalue weighted by Gasteiger charge is 2.03. The van der Waals surface area contributed by atoms with Crippen LogP contribution in [0.15, 0.2) is 30.3 Å². The van der Waals surface area contributed by atoms with Crippen LogP contribution in [0.5, 0.6) is 0 Å². The molecule has 82 valence electrons. The van der Waals surface area contributed by atoms with Gasteiger partial charge in [-0.2, -0.15) is 0 Å². The summed E-state index contributed by atoms with van der Waals surface area (Å²) in [4.78, 5) is 11.5. The Balaban J connectivity index is 2.23. The second-order valence-electron chi connectivity index (χ2n) is 4.46. The second kappa shape index (κ2) is 6.39. The van der Waals surface area contributed by atoms with Crippen molar-refractivity contribution in [2.75, 3.05) is 0 Å². The van der Waals surface area contributed by atoms with Gasteiger partial charge in [0.15, 0.2) is 0 Å². The number of Topliss-reactive ketones (excluding diaryl/α,β-unsaturated/α-hetero) is 1. The third kappa shape index (κ3) is 5.36. The molecule has 0 saturated carbocycles. The van der Waals surface area contributed by atoms with Crippen molar-refractivity contribution in [3.05, 3.63) is 35.9 Å². The van der Waals surface area contributed by atoms with Crippen LogP contribution in [-0.4, -0.2) is 5.78 Å². The Morgan fingerprint density at radius 1 is 1.13 bits per heavy atom. The maximum absolute atomic E-state index is 11.5. The molecule has 0 amide bonds. The zero-order valence-electron chi connectivity index (χ0n) is 9.70. The highest BCUT2D eigenvalue weighted by molar-refractivity contribution is 5.78. The number of rotatable bonds is 6. The molecule has 1 rings (SSSR count). The third-order valence-corrected chi connectivity index (χ3v) is 2.54. The molecule has 1 heteroatoms. The smallest absolute Gasteiger partial charge is 0.133 e. The fourth-order valence-electron chi connectivity index (χ4n) is 1.50. The molecule has 1 aromatic carbocycles. The van der Waals surface area contributed by atoms with E-state index in [1.807, 2.05) is 18.2 Å². The molecule has 0 aliphatic heterocycles. The Hall–Kier alpha value is -1.11. The number of benzene rings is 1. The van der Waals surface area contributed by atoms with Crippen molar-refractivity contribution in [3.8, 4) is 0 Å². The summed E-state index contributed by atoms with van der Waals surface area (Å²) in [5.74, 6) is 1.03. The predicted molar refractivity (Wildman–Crippen MR) is 63.8 cm³/mol. The minimum atomic E-state index is 0.396. The fourth-order valence-corrected chi connectivity index (χ4v) is 1.50. The summed E-state index contributed by atoms with van der Waals surface area (Å²) in [7, 11) is 0. The van der Waals surface area contributed by atoms with Gasteiger partial charge < -0.3 is 0 Å². The molecule has 0 N–H and O–H groups in total. The van der Waals surface area contributed by atoms with Crippen LogP contribution in [0, 0.1) is 5.92 Å². The van der Waals surface area contributed by atoms with Crippen LogP contribution in [0.3, 0.4) is 0 Å². The van der Waals surface area contributed by atoms with E-state index in [2.05, 4.69) is 26.0 Å². The molecule has 0 aliphatic rings. The summed E-state index contributed by atoms with van der Waals surface area (Å²) in [5, 5.41) is 0. The molecule has 0 saturated heterocycles. The quantitative estimate of drug-likeness (QED) is 0.691. The van der Waals surface area contributed by atoms with Gasteiger partial charge in [-0.1, -0.05) is 44.2 Å². The molecular weight excluding hydrogens is 184 g/mol. The lowest BCUT2D eigenvalue weighted by molar-refractivity contribution is -0.119. The van der Waals surface area contributed by atoms with Crippen LogP contribution in [0.4, 0.5) is 0 Å². The molecule has 1 aromatic rings. The van der Waals surface area contributed by atoms with Crippen molar-refractivity contribution >= 4 is 5.78 Å². The van der Waals surface area contributed by atoms with E-state index in [9.17, 15) is 4.79 Å². The number of aryl methyl sites for hydroxylation is 1. The van der Waals surface area contributed by atoms with Gasteiger partial charge in [0.2, 0.25) is 0 Å². The van der Waals surface area contributed by atoms with Gasteiger partial charge in [-0.05, 0) is 24.3 Å². The lowest BCUT2D eigenvalue weighted by Crippen LogP contribution is -2.02. The van der Waals surface area contributed by atoms with Crippen molar-refractivity contribution in [1.82, 2.24) is 0 Å². The molecule has 0 radical (unpaired) electrons. The van der Waals surface area contributed by atoms with Crippen LogP contribution in [0.25, 0.3) is 0 Å². The molecule has 0 fully saturated rings. The summed E-state index contributed by atoms with van der Waals surface area (Å²) < 4.78 is 0. The van der Waals surface area contributed by atoms with Crippen LogP contribution in [-0.2, 0) is 11.2 Å². The van der Waals surface area contributed by atoms with Crippen LogP contribution in [0.2, 0.25) is 0 Å². The normalized spacial score (nSPS) is 10.6. The molecule has 0 atom stereocenters. The van der Waals surface area contributed by atoms with Crippen molar-refractivity contribution in [2.45, 2.75) is 39.5 Å². The minimum absolute atomic E-state index is 0.396. The number of hydrogen-bond donors (Lipinski definition) is 0. The largest absolute Gasteiger partial charge is 0.300 e. The van der Waals surface area contributed by atoms with Gasteiger partial charge in [0, 0.05) is 12.8 Å². The monoisotopic (exact) mass is 204 g/mol. The lowest BCUT2D eigenvalue weighted by atomic mass is 10.0. The van der Waals surface area contributed by atoms with Gasteiger partial charge in [-0.25, -0.2) is 0 Å². The second-order valence-corrected chi connectivity index (χ2v) is 4.46. The minimum Gasteiger partial charge on any atom is -0.300 e. The fraction of sp³-hybridized carbons (Fsp3) is 0.500. The Labute approximate surface area is 92.5 Å². The molecular formula is C14H20O. The lowest BCUT2D eigenvalue weighted by Gasteiger charge is -2.03. The van der Waals surface area contributed by atoms with Crippen molar-refractivity contribution in [1.29, 1.82) is 0 Å². The number of hydrogen-bond acceptors (Lipinski definition) is 1.